The highest BCUT2D eigenvalue weighted by atomic mass is 19.1. The molecule has 21 heavy (non-hydrogen) atoms. The van der Waals surface area contributed by atoms with Gasteiger partial charge in [0, 0.05) is 11.8 Å². The van der Waals surface area contributed by atoms with Gasteiger partial charge < -0.3 is 5.73 Å². The van der Waals surface area contributed by atoms with E-state index in [4.69, 9.17) is 5.73 Å². The number of anilines is 1. The Kier molecular flexibility index (Phi) is 2.44. The molecule has 4 heteroatoms. The molecule has 0 bridgehead atoms. The van der Waals surface area contributed by atoms with Crippen LogP contribution in [0.1, 0.15) is 0 Å². The van der Waals surface area contributed by atoms with Crippen LogP contribution < -0.4 is 5.73 Å². The summed E-state index contributed by atoms with van der Waals surface area (Å²) >= 11 is 0. The van der Waals surface area contributed by atoms with Crippen molar-refractivity contribution < 1.29 is 4.39 Å². The van der Waals surface area contributed by atoms with Crippen molar-refractivity contribution >= 4 is 22.2 Å². The number of aromatic nitrogens is 2. The summed E-state index contributed by atoms with van der Waals surface area (Å²) in [6, 6.07) is 17.2. The van der Waals surface area contributed by atoms with E-state index < -0.39 is 0 Å². The second-order valence-corrected chi connectivity index (χ2v) is 4.98. The van der Waals surface area contributed by atoms with Crippen LogP contribution in [0.4, 0.5) is 10.2 Å². The number of halogens is 1. The Morgan fingerprint density at radius 2 is 1.76 bits per heavy atom. The molecule has 0 fully saturated rings. The number of imidazole rings is 1. The number of benzene rings is 2. The minimum absolute atomic E-state index is 0.336. The normalized spacial score (nSPS) is 11.3. The standard InChI is InChI=1S/C17H12FN3/c18-14-7-8-15-20-16(17(19)21(15)10-14)13-6-5-11-3-1-2-4-12(11)9-13/h1-10H,19H2. The van der Waals surface area contributed by atoms with E-state index in [1.807, 2.05) is 36.4 Å². The van der Waals surface area contributed by atoms with E-state index in [0.717, 1.165) is 16.3 Å². The molecule has 2 aromatic heterocycles. The Balaban J connectivity index is 1.97. The third-order valence-corrected chi connectivity index (χ3v) is 3.64. The molecule has 0 amide bonds. The summed E-state index contributed by atoms with van der Waals surface area (Å²) in [4.78, 5) is 4.50. The highest BCUT2D eigenvalue weighted by Gasteiger charge is 2.12. The predicted octanol–water partition coefficient (Wildman–Crippen LogP) is 3.88. The molecule has 0 spiro atoms. The van der Waals surface area contributed by atoms with Crippen molar-refractivity contribution in [1.29, 1.82) is 0 Å². The SMILES string of the molecule is Nc1c(-c2ccc3ccccc3c2)nc2ccc(F)cn12. The van der Waals surface area contributed by atoms with E-state index >= 15 is 0 Å². The average molecular weight is 277 g/mol. The van der Waals surface area contributed by atoms with Crippen molar-refractivity contribution in [3.05, 3.63) is 66.6 Å². The number of nitrogens with zero attached hydrogens (tertiary/aromatic N) is 2. The van der Waals surface area contributed by atoms with Crippen molar-refractivity contribution in [2.45, 2.75) is 0 Å². The molecule has 0 radical (unpaired) electrons. The smallest absolute Gasteiger partial charge is 0.140 e. The first-order valence-electron chi connectivity index (χ1n) is 6.65. The largest absolute Gasteiger partial charge is 0.383 e. The summed E-state index contributed by atoms with van der Waals surface area (Å²) < 4.78 is 14.9. The summed E-state index contributed by atoms with van der Waals surface area (Å²) in [7, 11) is 0. The fourth-order valence-corrected chi connectivity index (χ4v) is 2.59. The molecule has 0 aliphatic heterocycles. The summed E-state index contributed by atoms with van der Waals surface area (Å²) in [5.74, 6) is 0.108. The number of pyridine rings is 1. The highest BCUT2D eigenvalue weighted by molar-refractivity contribution is 5.88. The van der Waals surface area contributed by atoms with Gasteiger partial charge in [-0.05, 0) is 29.0 Å². The molecule has 0 aliphatic rings. The molecule has 0 atom stereocenters. The van der Waals surface area contributed by atoms with E-state index in [0.29, 0.717) is 17.2 Å². The minimum atomic E-state index is -0.336. The molecule has 3 nitrogen and oxygen atoms in total. The highest BCUT2D eigenvalue weighted by Crippen LogP contribution is 2.29. The lowest BCUT2D eigenvalue weighted by molar-refractivity contribution is 0.619. The summed E-state index contributed by atoms with van der Waals surface area (Å²) in [5, 5.41) is 2.28. The first-order valence-corrected chi connectivity index (χ1v) is 6.65. The van der Waals surface area contributed by atoms with Gasteiger partial charge in [-0.15, -0.1) is 0 Å². The van der Waals surface area contributed by atoms with Crippen molar-refractivity contribution in [3.63, 3.8) is 0 Å². The molecule has 4 aromatic rings. The first kappa shape index (κ1) is 11.9. The van der Waals surface area contributed by atoms with E-state index in [9.17, 15) is 4.39 Å². The fourth-order valence-electron chi connectivity index (χ4n) is 2.59. The van der Waals surface area contributed by atoms with Gasteiger partial charge in [0.15, 0.2) is 0 Å². The molecule has 0 saturated heterocycles. The Labute approximate surface area is 120 Å². The van der Waals surface area contributed by atoms with Crippen LogP contribution in [0.2, 0.25) is 0 Å². The van der Waals surface area contributed by atoms with Crippen LogP contribution in [0, 0.1) is 5.82 Å². The zero-order valence-corrected chi connectivity index (χ0v) is 11.1. The number of fused-ring (bicyclic) bond motifs is 2. The Morgan fingerprint density at radius 3 is 2.62 bits per heavy atom. The van der Waals surface area contributed by atoms with Gasteiger partial charge in [-0.3, -0.25) is 4.40 Å². The van der Waals surface area contributed by atoms with Crippen molar-refractivity contribution in [1.82, 2.24) is 9.38 Å². The lowest BCUT2D eigenvalue weighted by atomic mass is 10.1. The van der Waals surface area contributed by atoms with Gasteiger partial charge in [-0.2, -0.15) is 0 Å². The van der Waals surface area contributed by atoms with Gasteiger partial charge in [0.05, 0.1) is 0 Å². The van der Waals surface area contributed by atoms with Crippen LogP contribution in [0.3, 0.4) is 0 Å². The fraction of sp³-hybridized carbons (Fsp3) is 0. The van der Waals surface area contributed by atoms with Crippen LogP contribution in [0.15, 0.2) is 60.8 Å². The number of hydrogen-bond donors (Lipinski definition) is 1. The lowest BCUT2D eigenvalue weighted by Crippen LogP contribution is -1.94. The Hall–Kier alpha value is -2.88. The van der Waals surface area contributed by atoms with Crippen molar-refractivity contribution in [2.24, 2.45) is 0 Å². The van der Waals surface area contributed by atoms with Crippen molar-refractivity contribution in [3.8, 4) is 11.3 Å². The van der Waals surface area contributed by atoms with E-state index in [1.54, 1.807) is 10.5 Å². The first-order chi connectivity index (χ1) is 10.2. The van der Waals surface area contributed by atoms with Gasteiger partial charge in [-0.25, -0.2) is 9.37 Å². The predicted molar refractivity (Wildman–Crippen MR) is 82.5 cm³/mol. The molecule has 2 N–H and O–H groups in total. The molecule has 0 saturated carbocycles. The van der Waals surface area contributed by atoms with E-state index in [2.05, 4.69) is 11.1 Å². The van der Waals surface area contributed by atoms with Crippen LogP contribution >= 0.6 is 0 Å². The topological polar surface area (TPSA) is 43.3 Å². The monoisotopic (exact) mass is 277 g/mol. The van der Waals surface area contributed by atoms with Gasteiger partial charge in [0.2, 0.25) is 0 Å². The third kappa shape index (κ3) is 1.84. The lowest BCUT2D eigenvalue weighted by Gasteiger charge is -2.02. The van der Waals surface area contributed by atoms with Gasteiger partial charge in [0.25, 0.3) is 0 Å². The maximum absolute atomic E-state index is 13.3. The summed E-state index contributed by atoms with van der Waals surface area (Å²) in [6.07, 6.45) is 1.35. The quantitative estimate of drug-likeness (QED) is 0.574. The maximum Gasteiger partial charge on any atom is 0.140 e. The van der Waals surface area contributed by atoms with Gasteiger partial charge in [0.1, 0.15) is 23.0 Å². The third-order valence-electron chi connectivity index (χ3n) is 3.64. The number of nitrogens with two attached hydrogens (primary N) is 1. The second-order valence-electron chi connectivity index (χ2n) is 4.98. The second kappa shape index (κ2) is 4.31. The molecule has 0 aliphatic carbocycles. The average Bonchev–Trinajstić information content (AvgIpc) is 2.84. The van der Waals surface area contributed by atoms with Crippen LogP contribution in [0.25, 0.3) is 27.7 Å². The molecule has 2 aromatic carbocycles. The van der Waals surface area contributed by atoms with Gasteiger partial charge >= 0.3 is 0 Å². The number of hydrogen-bond acceptors (Lipinski definition) is 2. The summed E-state index contributed by atoms with van der Waals surface area (Å²) in [6.45, 7) is 0. The minimum Gasteiger partial charge on any atom is -0.383 e. The number of rotatable bonds is 1. The number of nitrogen functional groups attached to an aromatic ring is 1. The molecule has 4 rings (SSSR count). The molecule has 102 valence electrons. The molecular formula is C17H12FN3. The zero-order chi connectivity index (χ0) is 14.4. The van der Waals surface area contributed by atoms with Crippen LogP contribution in [-0.4, -0.2) is 9.38 Å². The van der Waals surface area contributed by atoms with Crippen LogP contribution in [-0.2, 0) is 0 Å². The Morgan fingerprint density at radius 1 is 0.952 bits per heavy atom. The Bertz CT molecular complexity index is 972. The van der Waals surface area contributed by atoms with E-state index in [1.165, 1.54) is 12.3 Å². The summed E-state index contributed by atoms with van der Waals surface area (Å²) in [5.41, 5.74) is 8.35. The molecule has 2 heterocycles. The molecular weight excluding hydrogens is 265 g/mol. The van der Waals surface area contributed by atoms with Crippen LogP contribution in [0.5, 0.6) is 0 Å². The molecule has 0 unspecified atom stereocenters. The van der Waals surface area contributed by atoms with Gasteiger partial charge in [-0.1, -0.05) is 36.4 Å². The van der Waals surface area contributed by atoms with Crippen molar-refractivity contribution in [2.75, 3.05) is 5.73 Å². The van der Waals surface area contributed by atoms with E-state index in [-0.39, 0.29) is 5.82 Å². The maximum atomic E-state index is 13.3. The zero-order valence-electron chi connectivity index (χ0n) is 11.1.